The summed E-state index contributed by atoms with van der Waals surface area (Å²) in [4.78, 5) is 36.1. The van der Waals surface area contributed by atoms with Gasteiger partial charge in [0.05, 0.1) is 13.2 Å². The van der Waals surface area contributed by atoms with Gasteiger partial charge in [-0.05, 0) is 38.8 Å². The molecule has 1 aromatic carbocycles. The summed E-state index contributed by atoms with van der Waals surface area (Å²) in [5.74, 6) is -2.25. The number of aromatic nitrogens is 4. The Kier molecular flexibility index (Phi) is 10.6. The molecule has 13 nitrogen and oxygen atoms in total. The van der Waals surface area contributed by atoms with E-state index in [1.165, 1.54) is 19.1 Å². The maximum absolute atomic E-state index is 12.7. The van der Waals surface area contributed by atoms with Crippen molar-refractivity contribution in [3.63, 3.8) is 0 Å². The zero-order valence-electron chi connectivity index (χ0n) is 20.8. The van der Waals surface area contributed by atoms with Gasteiger partial charge in [0.2, 0.25) is 11.7 Å². The molecule has 0 radical (unpaired) electrons. The maximum atomic E-state index is 12.7. The molecule has 3 N–H and O–H groups in total. The molecule has 196 valence electrons. The number of carbonyl (C=O) groups excluding carboxylic acids is 2. The van der Waals surface area contributed by atoms with Crippen LogP contribution in [-0.4, -0.2) is 68.6 Å². The third kappa shape index (κ3) is 8.14. The molecular weight excluding hydrogens is 491 g/mol. The lowest BCUT2D eigenvalue weighted by molar-refractivity contribution is -0.141. The molecule has 14 heteroatoms. The second kappa shape index (κ2) is 13.1. The number of hydrogen-bond donors (Lipinski definition) is 3. The normalized spacial score (nSPS) is 13.2. The van der Waals surface area contributed by atoms with Crippen LogP contribution in [0.5, 0.6) is 0 Å². The van der Waals surface area contributed by atoms with Crippen molar-refractivity contribution < 1.29 is 33.1 Å². The van der Waals surface area contributed by atoms with E-state index in [0.29, 0.717) is 5.56 Å². The topological polar surface area (TPSA) is 183 Å². The van der Waals surface area contributed by atoms with Crippen LogP contribution >= 0.6 is 7.60 Å². The monoisotopic (exact) mass is 522 g/mol. The lowest BCUT2D eigenvalue weighted by Gasteiger charge is -2.23. The summed E-state index contributed by atoms with van der Waals surface area (Å²) in [6.45, 7) is 8.64. The van der Waals surface area contributed by atoms with E-state index in [-0.39, 0.29) is 42.5 Å². The molecule has 2 unspecified atom stereocenters. The highest BCUT2D eigenvalue weighted by molar-refractivity contribution is 7.53. The van der Waals surface area contributed by atoms with E-state index in [0.717, 1.165) is 0 Å². The fourth-order valence-corrected chi connectivity index (χ4v) is 4.54. The average Bonchev–Trinajstić information content (AvgIpc) is 2.82. The van der Waals surface area contributed by atoms with E-state index < -0.39 is 37.5 Å². The van der Waals surface area contributed by atoms with Gasteiger partial charge in [0, 0.05) is 11.1 Å². The van der Waals surface area contributed by atoms with Gasteiger partial charge in [0.25, 0.3) is 5.91 Å². The predicted molar refractivity (Wildman–Crippen MR) is 129 cm³/mol. The van der Waals surface area contributed by atoms with Crippen LogP contribution in [0.2, 0.25) is 0 Å². The molecule has 0 aliphatic carbocycles. The number of benzene rings is 1. The first kappa shape index (κ1) is 29.0. The number of carboxylic acids is 1. The highest BCUT2D eigenvalue weighted by Crippen LogP contribution is 2.50. The Balaban J connectivity index is 2.09. The lowest BCUT2D eigenvalue weighted by Crippen LogP contribution is -2.53. The van der Waals surface area contributed by atoms with Gasteiger partial charge in [0.15, 0.2) is 5.82 Å². The van der Waals surface area contributed by atoms with E-state index in [4.69, 9.17) is 14.2 Å². The average molecular weight is 522 g/mol. The summed E-state index contributed by atoms with van der Waals surface area (Å²) in [5.41, 5.74) is 0.805. The molecule has 2 atom stereocenters. The van der Waals surface area contributed by atoms with Crippen molar-refractivity contribution in [3.05, 3.63) is 35.7 Å². The Labute approximate surface area is 208 Å². The number of carboxylic acid groups (broad SMARTS) is 1. The number of hydrogen-bond acceptors (Lipinski definition) is 10. The fourth-order valence-electron chi connectivity index (χ4n) is 3.02. The minimum atomic E-state index is -3.39. The zero-order valence-corrected chi connectivity index (χ0v) is 21.7. The smallest absolute Gasteiger partial charge is 0.338 e. The third-order valence-corrected chi connectivity index (χ3v) is 6.85. The van der Waals surface area contributed by atoms with Crippen LogP contribution < -0.4 is 10.6 Å². The highest BCUT2D eigenvalue weighted by atomic mass is 31.2. The minimum Gasteiger partial charge on any atom is -0.480 e. The van der Waals surface area contributed by atoms with Crippen LogP contribution in [0.25, 0.3) is 11.4 Å². The van der Waals surface area contributed by atoms with Gasteiger partial charge in [-0.1, -0.05) is 26.0 Å². The van der Waals surface area contributed by atoms with Crippen molar-refractivity contribution in [3.8, 4) is 11.4 Å². The summed E-state index contributed by atoms with van der Waals surface area (Å²) in [5, 5.41) is 29.9. The molecule has 0 aliphatic rings. The van der Waals surface area contributed by atoms with Gasteiger partial charge in [-0.15, -0.1) is 20.4 Å². The Hall–Kier alpha value is -3.28. The number of rotatable bonds is 13. The molecule has 1 aromatic heterocycles. The van der Waals surface area contributed by atoms with Gasteiger partial charge < -0.3 is 24.8 Å². The quantitative estimate of drug-likeness (QED) is 0.327. The number of nitrogens with zero attached hydrogens (tertiary/aromatic N) is 4. The molecule has 0 bridgehead atoms. The summed E-state index contributed by atoms with van der Waals surface area (Å²) in [6, 6.07) is 4.22. The SMILES string of the molecule is CCOP(=O)(Cc1nnc(-c2ccc(C(=O)NC(C(=O)NC(C)C(=O)O)C(C)C)cc2)nn1)OCC. The van der Waals surface area contributed by atoms with Crippen molar-refractivity contribution in [1.29, 1.82) is 0 Å². The van der Waals surface area contributed by atoms with Crippen molar-refractivity contribution in [2.24, 2.45) is 5.92 Å². The van der Waals surface area contributed by atoms with E-state index >= 15 is 0 Å². The van der Waals surface area contributed by atoms with Crippen LogP contribution in [0.15, 0.2) is 24.3 Å². The molecule has 2 amide bonds. The van der Waals surface area contributed by atoms with Gasteiger partial charge in [-0.3, -0.25) is 18.9 Å². The van der Waals surface area contributed by atoms with Gasteiger partial charge in [-0.2, -0.15) is 0 Å². The lowest BCUT2D eigenvalue weighted by atomic mass is 10.0. The molecule has 0 saturated carbocycles. The van der Waals surface area contributed by atoms with Crippen LogP contribution in [0.1, 0.15) is 50.8 Å². The van der Waals surface area contributed by atoms with Crippen molar-refractivity contribution in [2.45, 2.75) is 52.9 Å². The highest BCUT2D eigenvalue weighted by Gasteiger charge is 2.28. The maximum Gasteiger partial charge on any atom is 0.338 e. The zero-order chi connectivity index (χ0) is 26.9. The van der Waals surface area contributed by atoms with Crippen LogP contribution in [-0.2, 0) is 29.4 Å². The van der Waals surface area contributed by atoms with Crippen molar-refractivity contribution >= 4 is 25.4 Å². The predicted octanol–water partition coefficient (Wildman–Crippen LogP) is 2.04. The van der Waals surface area contributed by atoms with Gasteiger partial charge in [-0.25, -0.2) is 0 Å². The number of aliphatic carboxylic acids is 1. The fraction of sp³-hybridized carbons (Fsp3) is 0.500. The second-order valence-corrected chi connectivity index (χ2v) is 10.1. The van der Waals surface area contributed by atoms with Crippen LogP contribution in [0, 0.1) is 5.92 Å². The van der Waals surface area contributed by atoms with Crippen molar-refractivity contribution in [2.75, 3.05) is 13.2 Å². The van der Waals surface area contributed by atoms with E-state index in [1.807, 2.05) is 0 Å². The second-order valence-electron chi connectivity index (χ2n) is 8.09. The van der Waals surface area contributed by atoms with Crippen LogP contribution in [0.3, 0.4) is 0 Å². The van der Waals surface area contributed by atoms with E-state index in [2.05, 4.69) is 31.0 Å². The third-order valence-electron chi connectivity index (χ3n) is 4.88. The molecule has 0 saturated heterocycles. The van der Waals surface area contributed by atoms with Gasteiger partial charge >= 0.3 is 13.6 Å². The Morgan fingerprint density at radius 2 is 1.50 bits per heavy atom. The standard InChI is InChI=1S/C22H31N6O7P/c1-6-34-36(33,35-7-2)12-17-25-27-19(28-26-17)15-8-10-16(11-9-15)20(29)24-18(13(3)4)21(30)23-14(5)22(31)32/h8-11,13-14,18H,6-7,12H2,1-5H3,(H,23,30)(H,24,29)(H,31,32). The first-order chi connectivity index (χ1) is 17.0. The first-order valence-corrected chi connectivity index (χ1v) is 13.1. The Morgan fingerprint density at radius 3 is 1.97 bits per heavy atom. The summed E-state index contributed by atoms with van der Waals surface area (Å²) in [7, 11) is -3.39. The summed E-state index contributed by atoms with van der Waals surface area (Å²) >= 11 is 0. The molecule has 36 heavy (non-hydrogen) atoms. The first-order valence-electron chi connectivity index (χ1n) is 11.4. The summed E-state index contributed by atoms with van der Waals surface area (Å²) in [6.07, 6.45) is -0.163. The van der Waals surface area contributed by atoms with Crippen LogP contribution in [0.4, 0.5) is 0 Å². The molecule has 1 heterocycles. The molecular formula is C22H31N6O7P. The van der Waals surface area contributed by atoms with E-state index in [9.17, 15) is 18.9 Å². The van der Waals surface area contributed by atoms with Crippen molar-refractivity contribution in [1.82, 2.24) is 31.0 Å². The minimum absolute atomic E-state index is 0.107. The molecule has 2 aromatic rings. The number of carbonyl (C=O) groups is 3. The molecule has 0 fully saturated rings. The number of amides is 2. The number of nitrogens with one attached hydrogen (secondary N) is 2. The summed E-state index contributed by atoms with van der Waals surface area (Å²) < 4.78 is 23.1. The largest absolute Gasteiger partial charge is 0.480 e. The molecule has 0 spiro atoms. The molecule has 2 rings (SSSR count). The van der Waals surface area contributed by atoms with Gasteiger partial charge in [0.1, 0.15) is 18.2 Å². The Bertz CT molecular complexity index is 1090. The van der Waals surface area contributed by atoms with E-state index in [1.54, 1.807) is 39.8 Å². The Morgan fingerprint density at radius 1 is 0.944 bits per heavy atom. The molecule has 0 aliphatic heterocycles.